The minimum atomic E-state index is 0.600. The summed E-state index contributed by atoms with van der Waals surface area (Å²) in [4.78, 5) is 0. The highest BCUT2D eigenvalue weighted by Gasteiger charge is 2.08. The molecule has 0 fully saturated rings. The number of aryl methyl sites for hydroxylation is 1. The van der Waals surface area contributed by atoms with Gasteiger partial charge >= 0.3 is 0 Å². The van der Waals surface area contributed by atoms with Gasteiger partial charge in [0, 0.05) is 12.6 Å². The van der Waals surface area contributed by atoms with E-state index in [0.29, 0.717) is 6.04 Å². The van der Waals surface area contributed by atoms with Crippen molar-refractivity contribution >= 4 is 0 Å². The van der Waals surface area contributed by atoms with Crippen LogP contribution in [0.15, 0.2) is 18.2 Å². The average molecular weight is 232 g/mol. The minimum absolute atomic E-state index is 0.600. The number of rotatable bonds is 5. The SMILES string of the molecule is CC(C)NCCCc1ccc2c(c1)CNCC2. The Bertz CT molecular complexity index is 358. The highest BCUT2D eigenvalue weighted by Crippen LogP contribution is 2.16. The molecule has 0 saturated carbocycles. The smallest absolute Gasteiger partial charge is 0.0208 e. The molecule has 0 amide bonds. The first-order chi connectivity index (χ1) is 8.25. The highest BCUT2D eigenvalue weighted by atomic mass is 14.9. The molecule has 1 heterocycles. The van der Waals surface area contributed by atoms with E-state index >= 15 is 0 Å². The number of hydrogen-bond donors (Lipinski definition) is 2. The Morgan fingerprint density at radius 2 is 2.18 bits per heavy atom. The van der Waals surface area contributed by atoms with Crippen LogP contribution in [-0.2, 0) is 19.4 Å². The van der Waals surface area contributed by atoms with E-state index in [2.05, 4.69) is 42.7 Å². The van der Waals surface area contributed by atoms with Crippen molar-refractivity contribution in [3.05, 3.63) is 34.9 Å². The predicted octanol–water partition coefficient (Wildman–Crippen LogP) is 2.26. The summed E-state index contributed by atoms with van der Waals surface area (Å²) in [5.74, 6) is 0. The van der Waals surface area contributed by atoms with Crippen molar-refractivity contribution in [1.29, 1.82) is 0 Å². The zero-order valence-corrected chi connectivity index (χ0v) is 11.1. The predicted molar refractivity (Wildman–Crippen MR) is 73.3 cm³/mol. The lowest BCUT2D eigenvalue weighted by Gasteiger charge is -2.18. The van der Waals surface area contributed by atoms with Crippen molar-refractivity contribution in [2.24, 2.45) is 0 Å². The van der Waals surface area contributed by atoms with Crippen molar-refractivity contribution in [2.75, 3.05) is 13.1 Å². The summed E-state index contributed by atoms with van der Waals surface area (Å²) in [5, 5.41) is 6.90. The Hall–Kier alpha value is -0.860. The lowest BCUT2D eigenvalue weighted by molar-refractivity contribution is 0.570. The van der Waals surface area contributed by atoms with Gasteiger partial charge in [0.25, 0.3) is 0 Å². The largest absolute Gasteiger partial charge is 0.315 e. The van der Waals surface area contributed by atoms with Crippen LogP contribution in [-0.4, -0.2) is 19.1 Å². The summed E-state index contributed by atoms with van der Waals surface area (Å²) < 4.78 is 0. The molecule has 2 heteroatoms. The summed E-state index contributed by atoms with van der Waals surface area (Å²) in [7, 11) is 0. The molecule has 1 aliphatic heterocycles. The summed E-state index contributed by atoms with van der Waals surface area (Å²) in [6.45, 7) is 7.69. The molecule has 0 aliphatic carbocycles. The number of fused-ring (bicyclic) bond motifs is 1. The van der Waals surface area contributed by atoms with Crippen molar-refractivity contribution < 1.29 is 0 Å². The summed E-state index contributed by atoms with van der Waals surface area (Å²) in [5.41, 5.74) is 4.52. The Labute approximate surface area is 105 Å². The van der Waals surface area contributed by atoms with Crippen LogP contribution >= 0.6 is 0 Å². The lowest BCUT2D eigenvalue weighted by Crippen LogP contribution is -2.24. The fourth-order valence-electron chi connectivity index (χ4n) is 2.37. The lowest BCUT2D eigenvalue weighted by atomic mass is 9.97. The maximum atomic E-state index is 3.47. The van der Waals surface area contributed by atoms with E-state index in [9.17, 15) is 0 Å². The molecule has 2 N–H and O–H groups in total. The molecule has 17 heavy (non-hydrogen) atoms. The molecule has 0 aromatic heterocycles. The van der Waals surface area contributed by atoms with Gasteiger partial charge in [-0.05, 0) is 49.0 Å². The van der Waals surface area contributed by atoms with Gasteiger partial charge in [-0.25, -0.2) is 0 Å². The Kier molecular flexibility index (Phi) is 4.57. The van der Waals surface area contributed by atoms with Gasteiger partial charge in [0.2, 0.25) is 0 Å². The van der Waals surface area contributed by atoms with Crippen molar-refractivity contribution in [3.63, 3.8) is 0 Å². The Morgan fingerprint density at radius 3 is 3.00 bits per heavy atom. The van der Waals surface area contributed by atoms with Gasteiger partial charge < -0.3 is 10.6 Å². The summed E-state index contributed by atoms with van der Waals surface area (Å²) in [6.07, 6.45) is 3.60. The second-order valence-corrected chi connectivity index (χ2v) is 5.24. The van der Waals surface area contributed by atoms with E-state index in [4.69, 9.17) is 0 Å². The third-order valence-corrected chi connectivity index (χ3v) is 3.35. The first kappa shape index (κ1) is 12.6. The van der Waals surface area contributed by atoms with E-state index in [1.54, 1.807) is 0 Å². The van der Waals surface area contributed by atoms with Crippen LogP contribution in [0.1, 0.15) is 37.0 Å². The zero-order valence-electron chi connectivity index (χ0n) is 11.1. The van der Waals surface area contributed by atoms with Gasteiger partial charge in [-0.1, -0.05) is 32.0 Å². The van der Waals surface area contributed by atoms with Crippen molar-refractivity contribution in [1.82, 2.24) is 10.6 Å². The maximum absolute atomic E-state index is 3.47. The van der Waals surface area contributed by atoms with E-state index in [1.165, 1.54) is 36.0 Å². The number of nitrogens with one attached hydrogen (secondary N) is 2. The molecule has 0 radical (unpaired) electrons. The summed E-state index contributed by atoms with van der Waals surface area (Å²) >= 11 is 0. The minimum Gasteiger partial charge on any atom is -0.315 e. The highest BCUT2D eigenvalue weighted by molar-refractivity contribution is 5.33. The zero-order chi connectivity index (χ0) is 12.1. The molecule has 0 atom stereocenters. The molecular weight excluding hydrogens is 208 g/mol. The van der Waals surface area contributed by atoms with E-state index < -0.39 is 0 Å². The molecule has 0 saturated heterocycles. The molecule has 2 nitrogen and oxygen atoms in total. The van der Waals surface area contributed by atoms with Gasteiger partial charge in [0.1, 0.15) is 0 Å². The Balaban J connectivity index is 1.85. The quantitative estimate of drug-likeness (QED) is 0.761. The van der Waals surface area contributed by atoms with Gasteiger partial charge in [-0.2, -0.15) is 0 Å². The van der Waals surface area contributed by atoms with Crippen molar-refractivity contribution in [3.8, 4) is 0 Å². The molecule has 1 aromatic carbocycles. The topological polar surface area (TPSA) is 24.1 Å². The monoisotopic (exact) mass is 232 g/mol. The van der Waals surface area contributed by atoms with Gasteiger partial charge in [0.15, 0.2) is 0 Å². The first-order valence-electron chi connectivity index (χ1n) is 6.80. The van der Waals surface area contributed by atoms with Gasteiger partial charge in [-0.15, -0.1) is 0 Å². The second-order valence-electron chi connectivity index (χ2n) is 5.24. The van der Waals surface area contributed by atoms with Crippen LogP contribution in [0.4, 0.5) is 0 Å². The van der Waals surface area contributed by atoms with E-state index in [1.807, 2.05) is 0 Å². The molecule has 1 aliphatic rings. The normalized spacial score (nSPS) is 15.0. The molecule has 0 unspecified atom stereocenters. The van der Waals surface area contributed by atoms with Crippen LogP contribution in [0.3, 0.4) is 0 Å². The van der Waals surface area contributed by atoms with E-state index in [-0.39, 0.29) is 0 Å². The van der Waals surface area contributed by atoms with Crippen LogP contribution < -0.4 is 10.6 Å². The fraction of sp³-hybridized carbons (Fsp3) is 0.600. The standard InChI is InChI=1S/C15H24N2/c1-12(2)17-8-3-4-13-5-6-14-7-9-16-11-15(14)10-13/h5-6,10,12,16-17H,3-4,7-9,11H2,1-2H3. The van der Waals surface area contributed by atoms with Gasteiger partial charge in [-0.3, -0.25) is 0 Å². The second kappa shape index (κ2) is 6.18. The fourth-order valence-corrected chi connectivity index (χ4v) is 2.37. The molecule has 0 bridgehead atoms. The third-order valence-electron chi connectivity index (χ3n) is 3.35. The number of benzene rings is 1. The van der Waals surface area contributed by atoms with Gasteiger partial charge in [0.05, 0.1) is 0 Å². The Morgan fingerprint density at radius 1 is 1.29 bits per heavy atom. The average Bonchev–Trinajstić information content (AvgIpc) is 2.34. The molecule has 0 spiro atoms. The third kappa shape index (κ3) is 3.83. The van der Waals surface area contributed by atoms with Crippen LogP contribution in [0, 0.1) is 0 Å². The molecule has 94 valence electrons. The maximum Gasteiger partial charge on any atom is 0.0208 e. The molecule has 2 rings (SSSR count). The van der Waals surface area contributed by atoms with Crippen LogP contribution in [0.25, 0.3) is 0 Å². The van der Waals surface area contributed by atoms with Crippen molar-refractivity contribution in [2.45, 2.75) is 45.7 Å². The van der Waals surface area contributed by atoms with Crippen LogP contribution in [0.5, 0.6) is 0 Å². The molecular formula is C15H24N2. The number of hydrogen-bond acceptors (Lipinski definition) is 2. The molecule has 1 aromatic rings. The summed E-state index contributed by atoms with van der Waals surface area (Å²) in [6, 6.07) is 7.61. The first-order valence-corrected chi connectivity index (χ1v) is 6.80. The van der Waals surface area contributed by atoms with E-state index in [0.717, 1.165) is 19.6 Å². The van der Waals surface area contributed by atoms with Crippen LogP contribution in [0.2, 0.25) is 0 Å².